The first kappa shape index (κ1) is 12.7. The van der Waals surface area contributed by atoms with Crippen molar-refractivity contribution in [3.05, 3.63) is 36.4 Å². The Morgan fingerprint density at radius 1 is 0.944 bits per heavy atom. The van der Waals surface area contributed by atoms with Crippen molar-refractivity contribution in [1.29, 1.82) is 0 Å². The number of benzene rings is 2. The summed E-state index contributed by atoms with van der Waals surface area (Å²) in [6, 6.07) is 11.3. The molecule has 0 aromatic heterocycles. The highest BCUT2D eigenvalue weighted by Crippen LogP contribution is 2.24. The summed E-state index contributed by atoms with van der Waals surface area (Å²) in [5.41, 5.74) is 0. The quantitative estimate of drug-likeness (QED) is 0.758. The molecule has 0 aliphatic rings. The summed E-state index contributed by atoms with van der Waals surface area (Å²) in [4.78, 5) is 0. The van der Waals surface area contributed by atoms with E-state index in [0.717, 1.165) is 29.5 Å². The van der Waals surface area contributed by atoms with E-state index >= 15 is 0 Å². The van der Waals surface area contributed by atoms with Crippen LogP contribution in [0.1, 0.15) is 32.6 Å². The molecule has 0 atom stereocenters. The molecule has 2 aromatic rings. The molecule has 0 aliphatic carbocycles. The van der Waals surface area contributed by atoms with E-state index in [1.807, 2.05) is 24.3 Å². The molecule has 2 rings (SSSR count). The molecular formula is C16H20O2. The van der Waals surface area contributed by atoms with Crippen LogP contribution in [0.2, 0.25) is 0 Å². The van der Waals surface area contributed by atoms with Gasteiger partial charge in [-0.3, -0.25) is 0 Å². The largest absolute Gasteiger partial charge is 0.508 e. The molecule has 0 amide bonds. The standard InChI is InChI=1S/C16H20O2/c1-2-3-4-5-10-18-16-9-7-13-11-15(17)8-6-14(13)12-16/h6-9,11-12,17H,2-5,10H2,1H3. The Balaban J connectivity index is 1.95. The van der Waals surface area contributed by atoms with Crippen LogP contribution in [-0.4, -0.2) is 11.7 Å². The predicted molar refractivity (Wildman–Crippen MR) is 75.2 cm³/mol. The van der Waals surface area contributed by atoms with Crippen LogP contribution in [-0.2, 0) is 0 Å². The summed E-state index contributed by atoms with van der Waals surface area (Å²) in [6.45, 7) is 2.99. The Kier molecular flexibility index (Phi) is 4.46. The maximum atomic E-state index is 9.39. The van der Waals surface area contributed by atoms with Gasteiger partial charge in [0.2, 0.25) is 0 Å². The lowest BCUT2D eigenvalue weighted by Gasteiger charge is -2.07. The first-order valence-electron chi connectivity index (χ1n) is 6.65. The van der Waals surface area contributed by atoms with Crippen LogP contribution in [0.4, 0.5) is 0 Å². The highest BCUT2D eigenvalue weighted by Gasteiger charge is 1.98. The number of ether oxygens (including phenoxy) is 1. The molecular weight excluding hydrogens is 224 g/mol. The molecule has 2 nitrogen and oxygen atoms in total. The van der Waals surface area contributed by atoms with Crippen LogP contribution in [0.5, 0.6) is 11.5 Å². The van der Waals surface area contributed by atoms with Crippen LogP contribution in [0.25, 0.3) is 10.8 Å². The van der Waals surface area contributed by atoms with Crippen molar-refractivity contribution in [3.63, 3.8) is 0 Å². The van der Waals surface area contributed by atoms with E-state index in [4.69, 9.17) is 4.74 Å². The van der Waals surface area contributed by atoms with Gasteiger partial charge in [-0.1, -0.05) is 38.3 Å². The van der Waals surface area contributed by atoms with Gasteiger partial charge in [0, 0.05) is 0 Å². The maximum Gasteiger partial charge on any atom is 0.119 e. The van der Waals surface area contributed by atoms with Crippen molar-refractivity contribution >= 4 is 10.8 Å². The number of fused-ring (bicyclic) bond motifs is 1. The summed E-state index contributed by atoms with van der Waals surface area (Å²) in [5.74, 6) is 1.21. The highest BCUT2D eigenvalue weighted by molar-refractivity contribution is 5.85. The smallest absolute Gasteiger partial charge is 0.119 e. The normalized spacial score (nSPS) is 10.7. The average molecular weight is 244 g/mol. The van der Waals surface area contributed by atoms with E-state index in [0.29, 0.717) is 5.75 Å². The molecule has 1 N–H and O–H groups in total. The molecule has 0 bridgehead atoms. The van der Waals surface area contributed by atoms with E-state index in [1.165, 1.54) is 19.3 Å². The molecule has 18 heavy (non-hydrogen) atoms. The molecule has 0 spiro atoms. The third-order valence-electron chi connectivity index (χ3n) is 3.06. The van der Waals surface area contributed by atoms with Crippen molar-refractivity contribution in [1.82, 2.24) is 0 Å². The van der Waals surface area contributed by atoms with Gasteiger partial charge in [0.25, 0.3) is 0 Å². The average Bonchev–Trinajstić information content (AvgIpc) is 2.38. The van der Waals surface area contributed by atoms with E-state index in [-0.39, 0.29) is 0 Å². The second kappa shape index (κ2) is 6.29. The Hall–Kier alpha value is -1.70. The first-order valence-corrected chi connectivity index (χ1v) is 6.65. The third kappa shape index (κ3) is 3.39. The van der Waals surface area contributed by atoms with Crippen molar-refractivity contribution in [2.75, 3.05) is 6.61 Å². The lowest BCUT2D eigenvalue weighted by molar-refractivity contribution is 0.305. The van der Waals surface area contributed by atoms with Crippen molar-refractivity contribution in [2.24, 2.45) is 0 Å². The lowest BCUT2D eigenvalue weighted by atomic mass is 10.1. The predicted octanol–water partition coefficient (Wildman–Crippen LogP) is 4.50. The van der Waals surface area contributed by atoms with Crippen LogP contribution in [0, 0.1) is 0 Å². The Bertz CT molecular complexity index is 505. The summed E-state index contributed by atoms with van der Waals surface area (Å²) in [6.07, 6.45) is 4.87. The number of hydrogen-bond donors (Lipinski definition) is 1. The zero-order valence-electron chi connectivity index (χ0n) is 10.9. The first-order chi connectivity index (χ1) is 8.79. The van der Waals surface area contributed by atoms with Gasteiger partial charge in [0.05, 0.1) is 6.61 Å². The number of phenolic OH excluding ortho intramolecular Hbond substituents is 1. The lowest BCUT2D eigenvalue weighted by Crippen LogP contribution is -1.96. The number of phenols is 1. The van der Waals surface area contributed by atoms with E-state index in [1.54, 1.807) is 12.1 Å². The maximum absolute atomic E-state index is 9.39. The van der Waals surface area contributed by atoms with Gasteiger partial charge >= 0.3 is 0 Å². The molecule has 0 saturated carbocycles. The molecule has 2 aromatic carbocycles. The van der Waals surface area contributed by atoms with E-state index in [9.17, 15) is 5.11 Å². The minimum Gasteiger partial charge on any atom is -0.508 e. The molecule has 0 unspecified atom stereocenters. The summed E-state index contributed by atoms with van der Waals surface area (Å²) < 4.78 is 5.73. The topological polar surface area (TPSA) is 29.5 Å². The second-order valence-electron chi connectivity index (χ2n) is 4.60. The van der Waals surface area contributed by atoms with Gasteiger partial charge in [0.15, 0.2) is 0 Å². The van der Waals surface area contributed by atoms with Gasteiger partial charge in [-0.2, -0.15) is 0 Å². The minimum atomic E-state index is 0.302. The molecule has 96 valence electrons. The fourth-order valence-electron chi connectivity index (χ4n) is 2.02. The molecule has 0 radical (unpaired) electrons. The molecule has 2 heteroatoms. The third-order valence-corrected chi connectivity index (χ3v) is 3.06. The van der Waals surface area contributed by atoms with Crippen LogP contribution >= 0.6 is 0 Å². The Morgan fingerprint density at radius 2 is 1.72 bits per heavy atom. The minimum absolute atomic E-state index is 0.302. The van der Waals surface area contributed by atoms with Crippen molar-refractivity contribution in [3.8, 4) is 11.5 Å². The second-order valence-corrected chi connectivity index (χ2v) is 4.60. The monoisotopic (exact) mass is 244 g/mol. The zero-order chi connectivity index (χ0) is 12.8. The van der Waals surface area contributed by atoms with Crippen molar-refractivity contribution in [2.45, 2.75) is 32.6 Å². The van der Waals surface area contributed by atoms with Gasteiger partial charge in [-0.25, -0.2) is 0 Å². The number of aromatic hydroxyl groups is 1. The van der Waals surface area contributed by atoms with Gasteiger partial charge in [-0.15, -0.1) is 0 Å². The van der Waals surface area contributed by atoms with E-state index < -0.39 is 0 Å². The van der Waals surface area contributed by atoms with Crippen LogP contribution in [0.15, 0.2) is 36.4 Å². The summed E-state index contributed by atoms with van der Waals surface area (Å²) >= 11 is 0. The van der Waals surface area contributed by atoms with Gasteiger partial charge < -0.3 is 9.84 Å². The fraction of sp³-hybridized carbons (Fsp3) is 0.375. The number of rotatable bonds is 6. The van der Waals surface area contributed by atoms with Crippen molar-refractivity contribution < 1.29 is 9.84 Å². The molecule has 0 heterocycles. The van der Waals surface area contributed by atoms with Gasteiger partial charge in [-0.05, 0) is 41.5 Å². The molecule has 0 fully saturated rings. The fourth-order valence-corrected chi connectivity index (χ4v) is 2.02. The molecule has 0 saturated heterocycles. The Labute approximate surface area is 108 Å². The van der Waals surface area contributed by atoms with Gasteiger partial charge in [0.1, 0.15) is 11.5 Å². The van der Waals surface area contributed by atoms with Crippen LogP contribution in [0.3, 0.4) is 0 Å². The number of hydrogen-bond acceptors (Lipinski definition) is 2. The zero-order valence-corrected chi connectivity index (χ0v) is 10.9. The SMILES string of the molecule is CCCCCCOc1ccc2cc(O)ccc2c1. The number of unbranched alkanes of at least 4 members (excludes halogenated alkanes) is 3. The highest BCUT2D eigenvalue weighted by atomic mass is 16.5. The summed E-state index contributed by atoms with van der Waals surface area (Å²) in [5, 5.41) is 11.5. The molecule has 0 aliphatic heterocycles. The Morgan fingerprint density at radius 3 is 2.56 bits per heavy atom. The summed E-state index contributed by atoms with van der Waals surface area (Å²) in [7, 11) is 0. The van der Waals surface area contributed by atoms with Crippen LogP contribution < -0.4 is 4.74 Å². The van der Waals surface area contributed by atoms with E-state index in [2.05, 4.69) is 6.92 Å².